The number of rotatable bonds is 5. The van der Waals surface area contributed by atoms with Crippen LogP contribution in [0.15, 0.2) is 65.7 Å². The molecule has 2 aliphatic rings. The highest BCUT2D eigenvalue weighted by molar-refractivity contribution is 6.06. The molecule has 1 atom stereocenters. The molecule has 0 bridgehead atoms. The molecule has 1 unspecified atom stereocenters. The number of ether oxygens (including phenoxy) is 2. The highest BCUT2D eigenvalue weighted by atomic mass is 19.1. The highest BCUT2D eigenvalue weighted by Gasteiger charge is 2.56. The summed E-state index contributed by atoms with van der Waals surface area (Å²) >= 11 is 0. The first-order valence-corrected chi connectivity index (χ1v) is 11.2. The molecule has 35 heavy (non-hydrogen) atoms. The number of halogens is 1. The number of benzene rings is 2. The number of aryl methyl sites for hydroxylation is 1. The van der Waals surface area contributed by atoms with Crippen LogP contribution in [0, 0.1) is 12.7 Å². The first kappa shape index (κ1) is 22.6. The average molecular weight is 477 g/mol. The van der Waals surface area contributed by atoms with Crippen LogP contribution in [0.25, 0.3) is 11.8 Å². The molecule has 3 aromatic rings. The number of imidazole rings is 1. The van der Waals surface area contributed by atoms with Gasteiger partial charge in [-0.25, -0.2) is 14.2 Å². The number of methoxy groups -OCH3 is 2. The number of carbonyl (C=O) groups excluding carboxylic acids is 1. The van der Waals surface area contributed by atoms with Crippen molar-refractivity contribution in [2.24, 2.45) is 5.16 Å². The van der Waals surface area contributed by atoms with Gasteiger partial charge in [0.15, 0.2) is 5.84 Å². The number of nitrogens with zero attached hydrogens (tertiary/aromatic N) is 4. The molecule has 0 N–H and O–H groups in total. The third-order valence-corrected chi connectivity index (χ3v) is 6.25. The number of hydrogen-bond donors (Lipinski definition) is 0. The van der Waals surface area contributed by atoms with Crippen LogP contribution >= 0.6 is 0 Å². The minimum atomic E-state index is -1.60. The molecule has 0 aliphatic carbocycles. The summed E-state index contributed by atoms with van der Waals surface area (Å²) in [7, 11) is 2.93. The van der Waals surface area contributed by atoms with Gasteiger partial charge in [-0.1, -0.05) is 11.2 Å². The Labute approximate surface area is 202 Å². The van der Waals surface area contributed by atoms with E-state index in [4.69, 9.17) is 14.3 Å². The van der Waals surface area contributed by atoms with Crippen molar-refractivity contribution >= 4 is 17.9 Å². The molecule has 0 saturated carbocycles. The van der Waals surface area contributed by atoms with Gasteiger partial charge in [-0.2, -0.15) is 0 Å². The molecule has 8 nitrogen and oxygen atoms in total. The summed E-state index contributed by atoms with van der Waals surface area (Å²) in [5.41, 5.74) is 2.47. The van der Waals surface area contributed by atoms with E-state index in [-0.39, 0.29) is 0 Å². The van der Waals surface area contributed by atoms with Crippen LogP contribution in [0.3, 0.4) is 0 Å². The molecular formula is C26H25FN4O4. The molecule has 1 saturated heterocycles. The van der Waals surface area contributed by atoms with Gasteiger partial charge in [-0.3, -0.25) is 0 Å². The van der Waals surface area contributed by atoms with Crippen molar-refractivity contribution in [3.05, 3.63) is 83.2 Å². The summed E-state index contributed by atoms with van der Waals surface area (Å²) in [6.45, 7) is 2.46. The topological polar surface area (TPSA) is 78.2 Å². The Morgan fingerprint density at radius 3 is 2.69 bits per heavy atom. The Balaban J connectivity index is 1.51. The summed E-state index contributed by atoms with van der Waals surface area (Å²) in [6, 6.07) is 11.5. The van der Waals surface area contributed by atoms with E-state index in [1.165, 1.54) is 31.4 Å². The number of esters is 1. The Morgan fingerprint density at radius 1 is 1.20 bits per heavy atom. The lowest BCUT2D eigenvalue weighted by atomic mass is 9.94. The fourth-order valence-corrected chi connectivity index (χ4v) is 4.57. The Kier molecular flexibility index (Phi) is 5.76. The maximum atomic E-state index is 13.6. The fraction of sp³-hybridized carbons (Fsp3) is 0.269. The number of aromatic nitrogens is 2. The number of piperidine rings is 1. The second-order valence-electron chi connectivity index (χ2n) is 8.43. The zero-order valence-electron chi connectivity index (χ0n) is 19.7. The molecule has 0 amide bonds. The SMILES string of the molecule is COC(=O)C1(c2ccc(F)cc2)ON=C2/C(=C/c3ccc(-n4cnc(C)c4)c(OC)c3)CCCN21. The van der Waals surface area contributed by atoms with Crippen molar-refractivity contribution in [3.8, 4) is 11.4 Å². The van der Waals surface area contributed by atoms with Crippen LogP contribution in [0.5, 0.6) is 5.75 Å². The van der Waals surface area contributed by atoms with Crippen LogP contribution in [-0.2, 0) is 20.1 Å². The minimum Gasteiger partial charge on any atom is -0.495 e. The third kappa shape index (κ3) is 3.82. The van der Waals surface area contributed by atoms with Crippen molar-refractivity contribution in [3.63, 3.8) is 0 Å². The van der Waals surface area contributed by atoms with Gasteiger partial charge < -0.3 is 23.8 Å². The maximum Gasteiger partial charge on any atom is 0.380 e. The summed E-state index contributed by atoms with van der Waals surface area (Å²) < 4.78 is 26.2. The molecule has 2 aliphatic heterocycles. The Morgan fingerprint density at radius 2 is 2.00 bits per heavy atom. The first-order chi connectivity index (χ1) is 17.0. The summed E-state index contributed by atoms with van der Waals surface area (Å²) in [6.07, 6.45) is 7.22. The second-order valence-corrected chi connectivity index (χ2v) is 8.43. The molecule has 9 heteroatoms. The quantitative estimate of drug-likeness (QED) is 0.514. The van der Waals surface area contributed by atoms with E-state index in [0.717, 1.165) is 35.4 Å². The minimum absolute atomic E-state index is 0.407. The van der Waals surface area contributed by atoms with Gasteiger partial charge in [0, 0.05) is 18.3 Å². The molecule has 0 spiro atoms. The van der Waals surface area contributed by atoms with Gasteiger partial charge in [0.1, 0.15) is 11.6 Å². The van der Waals surface area contributed by atoms with Crippen LogP contribution in [0.1, 0.15) is 29.7 Å². The molecule has 1 fully saturated rings. The number of fused-ring (bicyclic) bond motifs is 1. The van der Waals surface area contributed by atoms with E-state index in [2.05, 4.69) is 10.1 Å². The van der Waals surface area contributed by atoms with E-state index in [0.29, 0.717) is 23.7 Å². The lowest BCUT2D eigenvalue weighted by Gasteiger charge is -2.37. The molecule has 180 valence electrons. The summed E-state index contributed by atoms with van der Waals surface area (Å²) in [4.78, 5) is 24.9. The molecule has 3 heterocycles. The lowest BCUT2D eigenvalue weighted by Crippen LogP contribution is -2.54. The van der Waals surface area contributed by atoms with Gasteiger partial charge in [0.05, 0.1) is 31.9 Å². The zero-order chi connectivity index (χ0) is 24.6. The second kappa shape index (κ2) is 8.90. The van der Waals surface area contributed by atoms with Crippen LogP contribution in [0.4, 0.5) is 4.39 Å². The van der Waals surface area contributed by atoms with Gasteiger partial charge in [-0.05, 0) is 73.4 Å². The molecular weight excluding hydrogens is 451 g/mol. The average Bonchev–Trinajstić information content (AvgIpc) is 3.49. The van der Waals surface area contributed by atoms with Gasteiger partial charge >= 0.3 is 11.7 Å². The maximum absolute atomic E-state index is 13.6. The first-order valence-electron chi connectivity index (χ1n) is 11.2. The van der Waals surface area contributed by atoms with E-state index < -0.39 is 17.5 Å². The largest absolute Gasteiger partial charge is 0.495 e. The molecule has 2 aromatic carbocycles. The van der Waals surface area contributed by atoms with E-state index in [1.54, 1.807) is 18.3 Å². The van der Waals surface area contributed by atoms with E-state index in [9.17, 15) is 9.18 Å². The van der Waals surface area contributed by atoms with Crippen molar-refractivity contribution in [1.29, 1.82) is 0 Å². The smallest absolute Gasteiger partial charge is 0.380 e. The predicted molar refractivity (Wildman–Crippen MR) is 127 cm³/mol. The molecule has 0 radical (unpaired) electrons. The standard InChI is InChI=1S/C26H25FN4O4/c1-17-15-30(16-28-17)22-11-6-18(14-23(22)33-2)13-19-5-4-12-31-24(19)29-35-26(31,25(32)34-3)20-7-9-21(27)10-8-20/h6-11,13-16H,4-5,12H2,1-3H3/b19-13+. The summed E-state index contributed by atoms with van der Waals surface area (Å²) in [5.74, 6) is 0.227. The van der Waals surface area contributed by atoms with Crippen LogP contribution in [0.2, 0.25) is 0 Å². The number of hydrogen-bond acceptors (Lipinski definition) is 7. The lowest BCUT2D eigenvalue weighted by molar-refractivity contribution is -0.186. The van der Waals surface area contributed by atoms with Gasteiger partial charge in [0.2, 0.25) is 0 Å². The van der Waals surface area contributed by atoms with Crippen LogP contribution in [-0.4, -0.2) is 47.0 Å². The van der Waals surface area contributed by atoms with E-state index >= 15 is 0 Å². The van der Waals surface area contributed by atoms with Gasteiger partial charge in [0.25, 0.3) is 0 Å². The highest BCUT2D eigenvalue weighted by Crippen LogP contribution is 2.41. The normalized spacial score (nSPS) is 20.3. The molecule has 1 aromatic heterocycles. The predicted octanol–water partition coefficient (Wildman–Crippen LogP) is 4.18. The van der Waals surface area contributed by atoms with E-state index in [1.807, 2.05) is 42.0 Å². The van der Waals surface area contributed by atoms with Crippen molar-refractivity contribution < 1.29 is 23.5 Å². The Bertz CT molecular complexity index is 1330. The fourth-order valence-electron chi connectivity index (χ4n) is 4.57. The van der Waals surface area contributed by atoms with Crippen LogP contribution < -0.4 is 4.74 Å². The monoisotopic (exact) mass is 476 g/mol. The van der Waals surface area contributed by atoms with Crippen molar-refractivity contribution in [1.82, 2.24) is 14.5 Å². The zero-order valence-corrected chi connectivity index (χ0v) is 19.7. The number of oxime groups is 1. The van der Waals surface area contributed by atoms with Crippen molar-refractivity contribution in [2.45, 2.75) is 25.5 Å². The molecule has 5 rings (SSSR count). The third-order valence-electron chi connectivity index (χ3n) is 6.25. The summed E-state index contributed by atoms with van der Waals surface area (Å²) in [5, 5.41) is 4.30. The number of amidine groups is 1. The Hall–Kier alpha value is -4.14. The van der Waals surface area contributed by atoms with Crippen molar-refractivity contribution in [2.75, 3.05) is 20.8 Å². The van der Waals surface area contributed by atoms with Gasteiger partial charge in [-0.15, -0.1) is 0 Å². The number of carbonyl (C=O) groups is 1.